The van der Waals surface area contributed by atoms with Crippen molar-refractivity contribution in [3.8, 4) is 12.0 Å². The molecule has 2 aromatic carbocycles. The second-order valence-corrected chi connectivity index (χ2v) is 25.3. The molecule has 0 saturated heterocycles. The first-order valence-corrected chi connectivity index (χ1v) is 26.8. The van der Waals surface area contributed by atoms with Gasteiger partial charge in [0.05, 0.1) is 41.4 Å². The number of carbonyl (C=O) groups excluding carboxylic acids is 1. The van der Waals surface area contributed by atoms with Crippen molar-refractivity contribution in [2.45, 2.75) is 23.6 Å². The molecule has 0 saturated carbocycles. The molecule has 289 valence electrons. The van der Waals surface area contributed by atoms with Gasteiger partial charge in [-0.1, -0.05) is 24.3 Å². The van der Waals surface area contributed by atoms with Crippen LogP contribution in [0.25, 0.3) is 5.14 Å². The Kier molecular flexibility index (Phi) is 30.4. The number of methoxy groups -OCH3 is 2. The maximum Gasteiger partial charge on any atom is 0.0997 e. The average molecular weight is 1370 g/mol. The number of benzene rings is 2. The minimum atomic E-state index is -4.13. The van der Waals surface area contributed by atoms with Gasteiger partial charge in [0.25, 0.3) is 16.0 Å². The molecule has 53 heavy (non-hydrogen) atoms. The van der Waals surface area contributed by atoms with Gasteiger partial charge in [0.15, 0.2) is 6.29 Å². The second kappa shape index (κ2) is 28.8. The van der Waals surface area contributed by atoms with Crippen LogP contribution in [-0.2, 0) is 34.3 Å². The number of hydrogen-bond donors (Lipinski definition) is 1. The number of anilines is 1. The molecular weight excluding hydrogens is 1340 g/mol. The number of amidine groups is 1. The zero-order chi connectivity index (χ0) is 37.9. The smallest absolute Gasteiger partial charge is 0.0997 e. The van der Waals surface area contributed by atoms with Crippen LogP contribution in [0.15, 0.2) is 67.7 Å². The number of nitrogens with one attached hydrogen (secondary N) is 2. The first kappa shape index (κ1) is 55.8. The Morgan fingerprint density at radius 2 is 1.28 bits per heavy atom. The van der Waals surface area contributed by atoms with Gasteiger partial charge in [-0.3, -0.25) is 4.79 Å². The van der Waals surface area contributed by atoms with Gasteiger partial charge >= 0.3 is 61.4 Å². The van der Waals surface area contributed by atoms with Gasteiger partial charge in [0.2, 0.25) is 5.95 Å². The summed E-state index contributed by atoms with van der Waals surface area (Å²) in [6, 6.07) is 11.7. The predicted molar refractivity (Wildman–Crippen MR) is 241 cm³/mol. The summed E-state index contributed by atoms with van der Waals surface area (Å²) in [5.74, 6) is 0.801. The fourth-order valence-corrected chi connectivity index (χ4v) is 6.88. The summed E-state index contributed by atoms with van der Waals surface area (Å²) >= 11 is 8.47. The van der Waals surface area contributed by atoms with Gasteiger partial charge in [-0.05, 0) is 83.3 Å². The minimum Gasteiger partial charge on any atom is -0.560 e. The number of rotatable bonds is 8. The maximum absolute atomic E-state index is 12.1. The van der Waals surface area contributed by atoms with Crippen LogP contribution in [0.5, 0.6) is 12.0 Å². The molecule has 0 atom stereocenters. The van der Waals surface area contributed by atoms with Crippen LogP contribution in [0.1, 0.15) is 11.6 Å². The van der Waals surface area contributed by atoms with Crippen LogP contribution in [0.3, 0.4) is 0 Å². The van der Waals surface area contributed by atoms with Gasteiger partial charge in [0, 0.05) is 22.0 Å². The van der Waals surface area contributed by atoms with E-state index < -0.39 is 26.1 Å². The Morgan fingerprint density at radius 3 is 1.72 bits per heavy atom. The fourth-order valence-electron chi connectivity index (χ4n) is 2.89. The van der Waals surface area contributed by atoms with Gasteiger partial charge in [-0.25, -0.2) is 13.4 Å². The number of carbonyl (C=O) groups is 1. The van der Waals surface area contributed by atoms with E-state index in [1.54, 1.807) is 50.2 Å². The number of halogens is 5. The quantitative estimate of drug-likeness (QED) is 0.0727. The number of sulfonamides is 2. The molecule has 26 heteroatoms. The van der Waals surface area contributed by atoms with Crippen molar-refractivity contribution < 1.29 is 45.7 Å². The number of ether oxygens (including phenoxy) is 2. The van der Waals surface area contributed by atoms with E-state index in [1.165, 1.54) is 26.4 Å². The Balaban J connectivity index is -0.000000713. The Labute approximate surface area is 381 Å². The monoisotopic (exact) mass is 1370 g/mol. The molecule has 18 nitrogen and oxygen atoms in total. The summed E-state index contributed by atoms with van der Waals surface area (Å²) in [6.45, 7) is 3.25. The number of nitrogens with zero attached hydrogens (tertiary/aromatic N) is 8. The van der Waals surface area contributed by atoms with Crippen molar-refractivity contribution in [2.24, 2.45) is 9.39 Å². The van der Waals surface area contributed by atoms with Crippen LogP contribution < -0.4 is 19.9 Å². The third kappa shape index (κ3) is 22.0. The molecule has 2 heterocycles. The Morgan fingerprint density at radius 1 is 0.830 bits per heavy atom. The first-order valence-electron chi connectivity index (χ1n) is 12.7. The van der Waals surface area contributed by atoms with E-state index >= 15 is 0 Å². The molecule has 0 aliphatic carbocycles. The molecule has 0 aliphatic heterocycles. The summed E-state index contributed by atoms with van der Waals surface area (Å²) in [5, 5.41) is 20.8. The molecule has 0 fully saturated rings. The molecule has 0 bridgehead atoms. The van der Waals surface area contributed by atoms with E-state index in [0.29, 0.717) is 34.5 Å². The standard InChI is InChI=1S/C12H12IN5O4S.C7H8N4O2.C6H5INO2S.2CH3.3HI.V/c1-7-14-10(17-12(15-7)22-2)16-11(19)18-23(20,21)9-6-4-3-5-8(9)13;1-5-9-6(8-3-4-12)11-7(10-5)13-2;7-5-3-1-2-4-6(5)11(8,9)10;;;;;;/h3-6H,1-2H3,(H2,14,15,16,17,18,19);3-4H,1-2H3;1-4H,(H-,8,9,10);2*1H3;3*1H;/q;;-1;2*+1;;;;+2/p-3. The number of aldehydes is 1. The molecule has 2 aromatic heterocycles. The molecule has 4 rings (SSSR count). The van der Waals surface area contributed by atoms with Crippen LogP contribution in [0.2, 0.25) is 0 Å². The largest absolute Gasteiger partial charge is 0.560 e. The van der Waals surface area contributed by atoms with Crippen LogP contribution in [0, 0.1) is 35.8 Å². The molecule has 4 aromatic rings. The Hall–Kier alpha value is -1.50. The summed E-state index contributed by atoms with van der Waals surface area (Å²) in [4.78, 5) is 36.6. The minimum absolute atomic E-state index is 0. The molecule has 0 radical (unpaired) electrons. The molecule has 2 N–H and O–H groups in total. The van der Waals surface area contributed by atoms with Crippen molar-refractivity contribution in [3.05, 3.63) is 87.3 Å². The molecule has 0 unspecified atom stereocenters. The summed E-state index contributed by atoms with van der Waals surface area (Å²) < 4.78 is 59.6. The van der Waals surface area contributed by atoms with Crippen molar-refractivity contribution in [1.29, 1.82) is 0 Å². The molecule has 0 spiro atoms. The van der Waals surface area contributed by atoms with Gasteiger partial charge in [-0.15, -0.1) is 24.0 Å². The third-order valence-corrected chi connectivity index (χ3v) is 9.59. The third-order valence-electron chi connectivity index (χ3n) is 4.72. The van der Waals surface area contributed by atoms with Crippen LogP contribution in [0.4, 0.5) is 11.9 Å². The van der Waals surface area contributed by atoms with Crippen molar-refractivity contribution in [1.82, 2.24) is 29.9 Å². The van der Waals surface area contributed by atoms with Crippen molar-refractivity contribution in [2.75, 3.05) is 19.5 Å². The fraction of sp³-hybridized carbons (Fsp3) is 0.148. The Bertz CT molecular complexity index is 2020. The van der Waals surface area contributed by atoms with E-state index in [4.69, 9.17) is 14.6 Å². The van der Waals surface area contributed by atoms with Gasteiger partial charge in [0.1, 0.15) is 16.5 Å². The van der Waals surface area contributed by atoms with Crippen molar-refractivity contribution >= 4 is 160 Å². The first-order chi connectivity index (χ1) is 23.5. The predicted octanol–water partition coefficient (Wildman–Crippen LogP) is 5.72. The van der Waals surface area contributed by atoms with Crippen LogP contribution >= 0.6 is 109 Å². The van der Waals surface area contributed by atoms with Crippen molar-refractivity contribution in [3.63, 3.8) is 0 Å². The summed E-state index contributed by atoms with van der Waals surface area (Å²) in [6.07, 6.45) is 1.61. The van der Waals surface area contributed by atoms with E-state index in [0.717, 1.165) is 6.21 Å². The van der Waals surface area contributed by atoms with E-state index in [2.05, 4.69) is 84.6 Å². The molecular formula is C27H31I5N10O8S2V. The SMILES string of the molecule is COc1nc(C)nc(N=CC=O)n1.COc1nc(C)nc(NC([O-])=NS(=O)(=O)c2ccccc2I)n1.I.[CH3+].[CH3+].[I][V][I].[NH-]S(=O)(=O)c1ccccc1I. The maximum atomic E-state index is 12.1. The van der Waals surface area contributed by atoms with E-state index in [1.807, 2.05) is 45.2 Å². The number of hydrogen-bond acceptors (Lipinski definition) is 15. The second-order valence-electron chi connectivity index (χ2n) is 8.20. The summed E-state index contributed by atoms with van der Waals surface area (Å²) in [7, 11) is -4.50. The van der Waals surface area contributed by atoms with Crippen LogP contribution in [-0.4, -0.2) is 79.5 Å². The number of aliphatic imine (C=N–C) groups is 1. The molecule has 0 aliphatic rings. The molecule has 0 amide bonds. The number of aromatic nitrogens is 6. The summed E-state index contributed by atoms with van der Waals surface area (Å²) in [5.41, 5.74) is 0. The topological polar surface area (TPSA) is 265 Å². The van der Waals surface area contributed by atoms with E-state index in [-0.39, 0.29) is 72.5 Å². The zero-order valence-corrected chi connectivity index (χ0v) is 42.3. The average Bonchev–Trinajstić information content (AvgIpc) is 3.03. The van der Waals surface area contributed by atoms with Gasteiger partial charge < -0.3 is 25.0 Å². The van der Waals surface area contributed by atoms with Gasteiger partial charge in [-0.2, -0.15) is 42.7 Å². The zero-order valence-electron chi connectivity index (χ0n) is 28.3. The number of aryl methyl sites for hydroxylation is 2. The van der Waals surface area contributed by atoms with E-state index in [9.17, 15) is 26.7 Å². The normalized spacial score (nSPS) is 10.4.